The number of hydrogen-bond donors (Lipinski definition) is 3. The first-order chi connectivity index (χ1) is 11.8. The molecule has 5 nitrogen and oxygen atoms in total. The Morgan fingerprint density at radius 3 is 3.08 bits per heavy atom. The van der Waals surface area contributed by atoms with Crippen molar-refractivity contribution in [3.8, 4) is 10.6 Å². The van der Waals surface area contributed by atoms with Gasteiger partial charge in [0.25, 0.3) is 5.91 Å². The monoisotopic (exact) mass is 361 g/mol. The van der Waals surface area contributed by atoms with Crippen molar-refractivity contribution in [2.75, 3.05) is 11.9 Å². The van der Waals surface area contributed by atoms with E-state index in [0.717, 1.165) is 41.5 Å². The average Bonchev–Trinajstić information content (AvgIpc) is 3.28. The number of amides is 1. The van der Waals surface area contributed by atoms with Gasteiger partial charge in [0.2, 0.25) is 0 Å². The van der Waals surface area contributed by atoms with E-state index in [-0.39, 0.29) is 0 Å². The summed E-state index contributed by atoms with van der Waals surface area (Å²) in [7, 11) is 0. The number of allylic oxidation sites excluding steroid dienone is 4. The van der Waals surface area contributed by atoms with Crippen molar-refractivity contribution >= 4 is 33.7 Å². The highest BCUT2D eigenvalue weighted by molar-refractivity contribution is 7.18. The molecule has 1 aliphatic rings. The summed E-state index contributed by atoms with van der Waals surface area (Å²) in [6, 6.07) is 3.53. The summed E-state index contributed by atoms with van der Waals surface area (Å²) in [4.78, 5) is 17.3. The highest BCUT2D eigenvalue weighted by Crippen LogP contribution is 2.30. The van der Waals surface area contributed by atoms with Gasteiger partial charge in [-0.15, -0.1) is 22.7 Å². The Bertz CT molecular complexity index is 761. The van der Waals surface area contributed by atoms with Gasteiger partial charge in [0.05, 0.1) is 15.4 Å². The maximum absolute atomic E-state index is 11.4. The van der Waals surface area contributed by atoms with Crippen LogP contribution < -0.4 is 10.8 Å². The van der Waals surface area contributed by atoms with Gasteiger partial charge in [0, 0.05) is 11.9 Å². The van der Waals surface area contributed by atoms with E-state index in [2.05, 4.69) is 28.5 Å². The molecule has 3 rings (SSSR count). The minimum atomic E-state index is -0.494. The first kappa shape index (κ1) is 16.9. The minimum Gasteiger partial charge on any atom is -0.361 e. The van der Waals surface area contributed by atoms with E-state index in [0.29, 0.717) is 4.88 Å². The number of thiophene rings is 1. The van der Waals surface area contributed by atoms with E-state index >= 15 is 0 Å². The van der Waals surface area contributed by atoms with Crippen molar-refractivity contribution in [2.24, 2.45) is 0 Å². The molecule has 0 aliphatic heterocycles. The third kappa shape index (κ3) is 4.31. The minimum absolute atomic E-state index is 0.463. The predicted octanol–water partition coefficient (Wildman–Crippen LogP) is 4.46. The predicted molar refractivity (Wildman–Crippen MR) is 98.9 cm³/mol. The van der Waals surface area contributed by atoms with Crippen LogP contribution in [0.3, 0.4) is 0 Å². The van der Waals surface area contributed by atoms with Crippen molar-refractivity contribution in [2.45, 2.75) is 25.7 Å². The Hall–Kier alpha value is -1.96. The molecule has 0 bridgehead atoms. The van der Waals surface area contributed by atoms with Crippen LogP contribution >= 0.6 is 22.7 Å². The van der Waals surface area contributed by atoms with Crippen LogP contribution in [0.1, 0.15) is 35.4 Å². The first-order valence-electron chi connectivity index (χ1n) is 7.85. The Morgan fingerprint density at radius 1 is 1.38 bits per heavy atom. The molecule has 0 spiro atoms. The maximum atomic E-state index is 11.4. The van der Waals surface area contributed by atoms with Crippen LogP contribution in [-0.2, 0) is 0 Å². The number of nitrogens with zero attached hydrogens (tertiary/aromatic N) is 1. The number of anilines is 1. The summed E-state index contributed by atoms with van der Waals surface area (Å²) < 4.78 is 0. The van der Waals surface area contributed by atoms with Gasteiger partial charge in [-0.1, -0.05) is 23.8 Å². The van der Waals surface area contributed by atoms with E-state index < -0.39 is 5.91 Å². The van der Waals surface area contributed by atoms with Gasteiger partial charge in [0.15, 0.2) is 5.13 Å². The van der Waals surface area contributed by atoms with Crippen molar-refractivity contribution in [1.29, 1.82) is 0 Å². The van der Waals surface area contributed by atoms with Gasteiger partial charge >= 0.3 is 0 Å². The first-order valence-corrected chi connectivity index (χ1v) is 9.54. The zero-order valence-corrected chi connectivity index (χ0v) is 14.8. The number of rotatable bonds is 7. The summed E-state index contributed by atoms with van der Waals surface area (Å²) >= 11 is 2.87. The van der Waals surface area contributed by atoms with Gasteiger partial charge in [-0.2, -0.15) is 0 Å². The van der Waals surface area contributed by atoms with Crippen molar-refractivity contribution in [3.05, 3.63) is 46.2 Å². The fraction of sp³-hybridized carbons (Fsp3) is 0.294. The number of nitrogens with one attached hydrogen (secondary N) is 2. The molecule has 0 atom stereocenters. The van der Waals surface area contributed by atoms with Crippen LogP contribution in [0, 0.1) is 0 Å². The third-order valence-electron chi connectivity index (χ3n) is 3.74. The molecule has 0 aromatic carbocycles. The molecule has 0 saturated heterocycles. The lowest BCUT2D eigenvalue weighted by Gasteiger charge is -2.08. The Morgan fingerprint density at radius 2 is 2.29 bits per heavy atom. The molecule has 3 N–H and O–H groups in total. The number of carbonyl (C=O) groups is 1. The molecule has 2 heterocycles. The second-order valence-electron chi connectivity index (χ2n) is 5.46. The summed E-state index contributed by atoms with van der Waals surface area (Å²) in [5.41, 5.74) is 4.02. The van der Waals surface area contributed by atoms with E-state index in [9.17, 15) is 4.79 Å². The van der Waals surface area contributed by atoms with Crippen LogP contribution in [0.15, 0.2) is 41.3 Å². The Labute approximate surface area is 148 Å². The van der Waals surface area contributed by atoms with Crippen molar-refractivity contribution in [1.82, 2.24) is 10.5 Å². The second kappa shape index (κ2) is 8.23. The van der Waals surface area contributed by atoms with Crippen LogP contribution in [0.2, 0.25) is 0 Å². The van der Waals surface area contributed by atoms with E-state index in [1.807, 2.05) is 11.4 Å². The SMILES string of the molecule is O=C(NO)c1ccc(-c2csc(NCCCC3=CC=CCC3)n2)s1. The zero-order valence-electron chi connectivity index (χ0n) is 13.1. The molecule has 0 fully saturated rings. The van der Waals surface area contributed by atoms with Crippen molar-refractivity contribution < 1.29 is 10.0 Å². The molecular weight excluding hydrogens is 342 g/mol. The number of aromatic nitrogens is 1. The van der Waals surface area contributed by atoms with E-state index in [1.54, 1.807) is 22.9 Å². The lowest BCUT2D eigenvalue weighted by molar-refractivity contribution is 0.0711. The van der Waals surface area contributed by atoms with Crippen LogP contribution in [-0.4, -0.2) is 22.6 Å². The summed E-state index contributed by atoms with van der Waals surface area (Å²) in [6.07, 6.45) is 11.1. The van der Waals surface area contributed by atoms with E-state index in [1.165, 1.54) is 23.3 Å². The van der Waals surface area contributed by atoms with Crippen LogP contribution in [0.5, 0.6) is 0 Å². The molecule has 7 heteroatoms. The van der Waals surface area contributed by atoms with Crippen LogP contribution in [0.4, 0.5) is 5.13 Å². The molecule has 126 valence electrons. The summed E-state index contributed by atoms with van der Waals surface area (Å²) in [5.74, 6) is -0.494. The highest BCUT2D eigenvalue weighted by Gasteiger charge is 2.11. The highest BCUT2D eigenvalue weighted by atomic mass is 32.1. The number of carbonyl (C=O) groups excluding carboxylic acids is 1. The topological polar surface area (TPSA) is 74.2 Å². The molecule has 1 amide bonds. The average molecular weight is 361 g/mol. The van der Waals surface area contributed by atoms with Gasteiger partial charge in [-0.3, -0.25) is 10.0 Å². The quantitative estimate of drug-likeness (QED) is 0.387. The normalized spacial score (nSPS) is 13.6. The molecule has 2 aromatic rings. The molecule has 1 aliphatic carbocycles. The standard InChI is InChI=1S/C17H19N3O2S2/c21-16(20-22)15-9-8-14(24-15)13-11-23-17(19-13)18-10-4-7-12-5-2-1-3-6-12/h1-2,5,8-9,11,22H,3-4,6-7,10H2,(H,18,19)(H,20,21). The molecule has 24 heavy (non-hydrogen) atoms. The molecule has 0 saturated carbocycles. The Kier molecular flexibility index (Phi) is 5.79. The van der Waals surface area contributed by atoms with Crippen molar-refractivity contribution in [3.63, 3.8) is 0 Å². The second-order valence-corrected chi connectivity index (χ2v) is 7.41. The van der Waals surface area contributed by atoms with Gasteiger partial charge in [-0.25, -0.2) is 10.5 Å². The molecule has 0 radical (unpaired) electrons. The molecule has 2 aromatic heterocycles. The number of hydroxylamine groups is 1. The summed E-state index contributed by atoms with van der Waals surface area (Å²) in [5, 5.41) is 14.9. The lowest BCUT2D eigenvalue weighted by Crippen LogP contribution is -2.16. The number of thiazole rings is 1. The van der Waals surface area contributed by atoms with E-state index in [4.69, 9.17) is 5.21 Å². The summed E-state index contributed by atoms with van der Waals surface area (Å²) in [6.45, 7) is 0.899. The Balaban J connectivity index is 1.50. The van der Waals surface area contributed by atoms with Gasteiger partial charge < -0.3 is 5.32 Å². The van der Waals surface area contributed by atoms with Crippen LogP contribution in [0.25, 0.3) is 10.6 Å². The zero-order chi connectivity index (χ0) is 16.8. The van der Waals surface area contributed by atoms with Gasteiger partial charge in [0.1, 0.15) is 0 Å². The molecule has 0 unspecified atom stereocenters. The fourth-order valence-electron chi connectivity index (χ4n) is 2.49. The lowest BCUT2D eigenvalue weighted by atomic mass is 10.0. The van der Waals surface area contributed by atoms with Gasteiger partial charge in [-0.05, 0) is 37.8 Å². The smallest absolute Gasteiger partial charge is 0.284 e. The third-order valence-corrected chi connectivity index (χ3v) is 5.65. The fourth-order valence-corrected chi connectivity index (χ4v) is 4.16. The largest absolute Gasteiger partial charge is 0.361 e. The maximum Gasteiger partial charge on any atom is 0.284 e. The molecular formula is C17H19N3O2S2. The number of hydrogen-bond acceptors (Lipinski definition) is 6.